The molecule has 0 aromatic rings. The average molecular weight is 298 g/mol. The summed E-state index contributed by atoms with van der Waals surface area (Å²) in [5.74, 6) is -0.865. The van der Waals surface area contributed by atoms with E-state index in [9.17, 15) is 9.59 Å². The van der Waals surface area contributed by atoms with Crippen LogP contribution < -0.4 is 10.6 Å². The number of carbonyl (C=O) groups excluding carboxylic acids is 1. The summed E-state index contributed by atoms with van der Waals surface area (Å²) in [5.41, 5.74) is -0.643. The molecule has 120 valence electrons. The summed E-state index contributed by atoms with van der Waals surface area (Å²) in [7, 11) is 0. The second-order valence-corrected chi connectivity index (χ2v) is 6.86. The minimum absolute atomic E-state index is 0.00392. The van der Waals surface area contributed by atoms with Crippen LogP contribution in [0.15, 0.2) is 0 Å². The van der Waals surface area contributed by atoms with Crippen molar-refractivity contribution in [3.63, 3.8) is 0 Å². The first-order valence-electron chi connectivity index (χ1n) is 7.71. The highest BCUT2D eigenvalue weighted by Crippen LogP contribution is 2.43. The Hall–Kier alpha value is -1.30. The van der Waals surface area contributed by atoms with Crippen molar-refractivity contribution >= 4 is 12.0 Å². The van der Waals surface area contributed by atoms with Crippen LogP contribution >= 0.6 is 0 Å². The van der Waals surface area contributed by atoms with Gasteiger partial charge in [-0.05, 0) is 32.6 Å². The second-order valence-electron chi connectivity index (χ2n) is 6.86. The molecule has 2 aliphatic carbocycles. The standard InChI is InChI=1S/C15H26N2O4/c1-4-21-11-8-10(14(11,2)3)16-13(20)17-15(6-5-7-15)9-12(18)19/h10-11H,4-9H2,1-3H3,(H,18,19)(H2,16,17,20). The molecule has 2 fully saturated rings. The molecule has 0 saturated heterocycles. The number of hydrogen-bond acceptors (Lipinski definition) is 3. The Balaban J connectivity index is 1.84. The van der Waals surface area contributed by atoms with Crippen molar-refractivity contribution in [2.24, 2.45) is 5.41 Å². The number of carboxylic acid groups (broad SMARTS) is 1. The summed E-state index contributed by atoms with van der Waals surface area (Å²) in [6, 6.07) is -0.194. The van der Waals surface area contributed by atoms with Crippen LogP contribution in [0.2, 0.25) is 0 Å². The lowest BCUT2D eigenvalue weighted by Crippen LogP contribution is -2.66. The number of carboxylic acids is 1. The molecule has 2 unspecified atom stereocenters. The Labute approximate surface area is 125 Å². The first-order valence-corrected chi connectivity index (χ1v) is 7.71. The van der Waals surface area contributed by atoms with Gasteiger partial charge < -0.3 is 20.5 Å². The zero-order chi connectivity index (χ0) is 15.7. The van der Waals surface area contributed by atoms with Crippen LogP contribution in [0.4, 0.5) is 4.79 Å². The van der Waals surface area contributed by atoms with E-state index in [1.807, 2.05) is 6.92 Å². The van der Waals surface area contributed by atoms with Gasteiger partial charge in [0.1, 0.15) is 0 Å². The monoisotopic (exact) mass is 298 g/mol. The molecule has 0 aromatic heterocycles. The van der Waals surface area contributed by atoms with Crippen molar-refractivity contribution in [3.8, 4) is 0 Å². The molecule has 2 aliphatic rings. The van der Waals surface area contributed by atoms with Gasteiger partial charge in [0, 0.05) is 18.1 Å². The van der Waals surface area contributed by atoms with Crippen LogP contribution in [0.3, 0.4) is 0 Å². The summed E-state index contributed by atoms with van der Waals surface area (Å²) in [6.07, 6.45) is 3.42. The molecule has 2 saturated carbocycles. The molecular weight excluding hydrogens is 272 g/mol. The highest BCUT2D eigenvalue weighted by atomic mass is 16.5. The van der Waals surface area contributed by atoms with E-state index in [1.54, 1.807) is 0 Å². The fourth-order valence-electron chi connectivity index (χ4n) is 3.29. The van der Waals surface area contributed by atoms with Gasteiger partial charge in [0.25, 0.3) is 0 Å². The Morgan fingerprint density at radius 1 is 1.33 bits per heavy atom. The van der Waals surface area contributed by atoms with Crippen molar-refractivity contribution in [2.45, 2.75) is 70.6 Å². The quantitative estimate of drug-likeness (QED) is 0.698. The molecule has 0 spiro atoms. The topological polar surface area (TPSA) is 87.7 Å². The number of rotatable bonds is 6. The van der Waals surface area contributed by atoms with E-state index in [0.717, 1.165) is 25.7 Å². The van der Waals surface area contributed by atoms with Crippen molar-refractivity contribution in [3.05, 3.63) is 0 Å². The highest BCUT2D eigenvalue weighted by Gasteiger charge is 2.50. The predicted molar refractivity (Wildman–Crippen MR) is 78.1 cm³/mol. The van der Waals surface area contributed by atoms with E-state index in [-0.39, 0.29) is 30.0 Å². The SMILES string of the molecule is CCOC1CC(NC(=O)NC2(CC(=O)O)CCC2)C1(C)C. The van der Waals surface area contributed by atoms with E-state index >= 15 is 0 Å². The molecule has 0 heterocycles. The molecule has 2 rings (SSSR count). The van der Waals surface area contributed by atoms with Gasteiger partial charge in [0.15, 0.2) is 0 Å². The minimum Gasteiger partial charge on any atom is -0.481 e. The van der Waals surface area contributed by atoms with Gasteiger partial charge in [0.2, 0.25) is 0 Å². The van der Waals surface area contributed by atoms with Gasteiger partial charge in [-0.25, -0.2) is 4.79 Å². The maximum Gasteiger partial charge on any atom is 0.315 e. The number of ether oxygens (including phenoxy) is 1. The van der Waals surface area contributed by atoms with Crippen molar-refractivity contribution in [1.82, 2.24) is 10.6 Å². The van der Waals surface area contributed by atoms with Crippen LogP contribution in [-0.4, -0.2) is 41.4 Å². The number of amides is 2. The fourth-order valence-corrected chi connectivity index (χ4v) is 3.29. The maximum atomic E-state index is 12.1. The summed E-state index contributed by atoms with van der Waals surface area (Å²) >= 11 is 0. The smallest absolute Gasteiger partial charge is 0.315 e. The van der Waals surface area contributed by atoms with Crippen molar-refractivity contribution in [1.29, 1.82) is 0 Å². The first-order chi connectivity index (χ1) is 9.79. The Bertz CT molecular complexity index is 418. The molecule has 6 nitrogen and oxygen atoms in total. The number of nitrogens with one attached hydrogen (secondary N) is 2. The van der Waals surface area contributed by atoms with Crippen LogP contribution in [0.25, 0.3) is 0 Å². The molecule has 3 N–H and O–H groups in total. The Kier molecular flexibility index (Phi) is 4.46. The average Bonchev–Trinajstić information content (AvgIpc) is 2.34. The lowest BCUT2D eigenvalue weighted by atomic mass is 9.64. The summed E-state index contributed by atoms with van der Waals surface area (Å²) < 4.78 is 5.64. The van der Waals surface area contributed by atoms with Crippen LogP contribution in [0.5, 0.6) is 0 Å². The normalized spacial score (nSPS) is 28.9. The molecule has 0 aromatic carbocycles. The number of aliphatic carboxylic acids is 1. The van der Waals surface area contributed by atoms with Gasteiger partial charge in [-0.1, -0.05) is 13.8 Å². The van der Waals surface area contributed by atoms with Gasteiger partial charge >= 0.3 is 12.0 Å². The first kappa shape index (κ1) is 16.1. The summed E-state index contributed by atoms with van der Waals surface area (Å²) in [4.78, 5) is 23.0. The van der Waals surface area contributed by atoms with E-state index in [2.05, 4.69) is 24.5 Å². The van der Waals surface area contributed by atoms with Gasteiger partial charge in [-0.3, -0.25) is 4.79 Å². The molecule has 0 bridgehead atoms. The van der Waals surface area contributed by atoms with Gasteiger partial charge in [-0.2, -0.15) is 0 Å². The number of hydrogen-bond donors (Lipinski definition) is 3. The molecule has 21 heavy (non-hydrogen) atoms. The molecule has 6 heteroatoms. The second kappa shape index (κ2) is 5.83. The maximum absolute atomic E-state index is 12.1. The summed E-state index contributed by atoms with van der Waals surface area (Å²) in [6.45, 7) is 6.81. The number of urea groups is 1. The van der Waals surface area contributed by atoms with E-state index in [4.69, 9.17) is 9.84 Å². The van der Waals surface area contributed by atoms with E-state index in [1.165, 1.54) is 0 Å². The largest absolute Gasteiger partial charge is 0.481 e. The third kappa shape index (κ3) is 3.31. The van der Waals surface area contributed by atoms with Crippen LogP contribution in [-0.2, 0) is 9.53 Å². The van der Waals surface area contributed by atoms with E-state index < -0.39 is 11.5 Å². The molecular formula is C15H26N2O4. The van der Waals surface area contributed by atoms with Crippen LogP contribution in [0.1, 0.15) is 52.9 Å². The zero-order valence-corrected chi connectivity index (χ0v) is 13.1. The Morgan fingerprint density at radius 2 is 2.00 bits per heavy atom. The molecule has 0 radical (unpaired) electrons. The molecule has 2 atom stereocenters. The zero-order valence-electron chi connectivity index (χ0n) is 13.1. The molecule has 2 amide bonds. The van der Waals surface area contributed by atoms with Gasteiger partial charge in [0.05, 0.1) is 18.1 Å². The third-order valence-corrected chi connectivity index (χ3v) is 5.03. The minimum atomic E-state index is -0.865. The van der Waals surface area contributed by atoms with Gasteiger partial charge in [-0.15, -0.1) is 0 Å². The Morgan fingerprint density at radius 3 is 2.43 bits per heavy atom. The van der Waals surface area contributed by atoms with E-state index in [0.29, 0.717) is 6.61 Å². The van der Waals surface area contributed by atoms with Crippen LogP contribution in [0, 0.1) is 5.41 Å². The fraction of sp³-hybridized carbons (Fsp3) is 0.867. The lowest BCUT2D eigenvalue weighted by molar-refractivity contribution is -0.139. The van der Waals surface area contributed by atoms with Crippen molar-refractivity contribution < 1.29 is 19.4 Å². The van der Waals surface area contributed by atoms with Crippen molar-refractivity contribution in [2.75, 3.05) is 6.61 Å². The predicted octanol–water partition coefficient (Wildman–Crippen LogP) is 1.89. The summed E-state index contributed by atoms with van der Waals surface area (Å²) in [5, 5.41) is 14.8. The highest BCUT2D eigenvalue weighted by molar-refractivity contribution is 5.77. The molecule has 0 aliphatic heterocycles. The third-order valence-electron chi connectivity index (χ3n) is 5.03. The number of carbonyl (C=O) groups is 2. The lowest BCUT2D eigenvalue weighted by Gasteiger charge is -2.52.